The maximum Gasteiger partial charge on any atom is 0.416 e. The van der Waals surface area contributed by atoms with Gasteiger partial charge in [-0.2, -0.15) is 13.2 Å². The van der Waals surface area contributed by atoms with Crippen LogP contribution < -0.4 is 4.72 Å². The first-order chi connectivity index (χ1) is 10.1. The van der Waals surface area contributed by atoms with Gasteiger partial charge >= 0.3 is 6.18 Å². The van der Waals surface area contributed by atoms with Crippen molar-refractivity contribution in [2.45, 2.75) is 31.5 Å². The molecule has 0 amide bonds. The van der Waals surface area contributed by atoms with Gasteiger partial charge in [-0.05, 0) is 49.7 Å². The van der Waals surface area contributed by atoms with Crippen molar-refractivity contribution >= 4 is 10.0 Å². The van der Waals surface area contributed by atoms with Gasteiger partial charge in [-0.15, -0.1) is 0 Å². The van der Waals surface area contributed by atoms with Gasteiger partial charge in [0.25, 0.3) is 0 Å². The topological polar surface area (TPSA) is 59.3 Å². The van der Waals surface area contributed by atoms with Crippen LogP contribution in [0.1, 0.15) is 22.6 Å². The molecule has 120 valence electrons. The SMILES string of the molecule is Cc1cc(C(F)(F)F)cc(S(=O)(=O)NCc2ccc(C)o2)c1. The largest absolute Gasteiger partial charge is 0.465 e. The number of hydrogen-bond donors (Lipinski definition) is 1. The van der Waals surface area contributed by atoms with E-state index >= 15 is 0 Å². The highest BCUT2D eigenvalue weighted by molar-refractivity contribution is 7.89. The molecule has 0 aliphatic carbocycles. The third-order valence-electron chi connectivity index (χ3n) is 2.92. The number of alkyl halides is 3. The lowest BCUT2D eigenvalue weighted by atomic mass is 10.1. The van der Waals surface area contributed by atoms with Gasteiger partial charge in [-0.3, -0.25) is 0 Å². The van der Waals surface area contributed by atoms with E-state index in [9.17, 15) is 21.6 Å². The van der Waals surface area contributed by atoms with Crippen LogP contribution in [-0.4, -0.2) is 8.42 Å². The Morgan fingerprint density at radius 1 is 1.14 bits per heavy atom. The second kappa shape index (κ2) is 5.77. The fourth-order valence-electron chi connectivity index (χ4n) is 1.90. The van der Waals surface area contributed by atoms with Crippen LogP contribution in [0.25, 0.3) is 0 Å². The van der Waals surface area contributed by atoms with Gasteiger partial charge in [0.05, 0.1) is 17.0 Å². The molecule has 0 saturated carbocycles. The predicted molar refractivity (Wildman–Crippen MR) is 73.7 cm³/mol. The zero-order valence-electron chi connectivity index (χ0n) is 11.9. The Kier molecular flexibility index (Phi) is 4.35. The first-order valence-electron chi connectivity index (χ1n) is 6.32. The Labute approximate surface area is 126 Å². The summed E-state index contributed by atoms with van der Waals surface area (Å²) in [6.45, 7) is 2.98. The van der Waals surface area contributed by atoms with E-state index in [1.807, 2.05) is 0 Å². The summed E-state index contributed by atoms with van der Waals surface area (Å²) < 4.78 is 70.0. The molecule has 0 radical (unpaired) electrons. The third-order valence-corrected chi connectivity index (χ3v) is 4.30. The summed E-state index contributed by atoms with van der Waals surface area (Å²) >= 11 is 0. The molecule has 2 aromatic rings. The fraction of sp³-hybridized carbons (Fsp3) is 0.286. The van der Waals surface area contributed by atoms with Crippen LogP contribution in [0.4, 0.5) is 13.2 Å². The summed E-state index contributed by atoms with van der Waals surface area (Å²) in [5.41, 5.74) is -0.786. The van der Waals surface area contributed by atoms with Crippen LogP contribution in [-0.2, 0) is 22.7 Å². The molecule has 0 bridgehead atoms. The molecule has 4 nitrogen and oxygen atoms in total. The Morgan fingerprint density at radius 3 is 2.36 bits per heavy atom. The summed E-state index contributed by atoms with van der Waals surface area (Å²) in [7, 11) is -4.06. The van der Waals surface area contributed by atoms with Crippen LogP contribution in [0.3, 0.4) is 0 Å². The molecular weight excluding hydrogens is 319 g/mol. The van der Waals surface area contributed by atoms with Crippen LogP contribution in [0, 0.1) is 13.8 Å². The standard InChI is InChI=1S/C14H14F3NO3S/c1-9-5-11(14(15,16)17)7-13(6-9)22(19,20)18-8-12-4-3-10(2)21-12/h3-7,18H,8H2,1-2H3. The molecule has 0 atom stereocenters. The molecular formula is C14H14F3NO3S. The lowest BCUT2D eigenvalue weighted by Crippen LogP contribution is -2.23. The number of rotatable bonds is 4. The van der Waals surface area contributed by atoms with Gasteiger partial charge in [-0.1, -0.05) is 0 Å². The Morgan fingerprint density at radius 2 is 1.82 bits per heavy atom. The molecule has 0 aliphatic rings. The molecule has 8 heteroatoms. The van der Waals surface area contributed by atoms with Crippen molar-refractivity contribution in [3.8, 4) is 0 Å². The van der Waals surface area contributed by atoms with Crippen molar-refractivity contribution in [2.24, 2.45) is 0 Å². The van der Waals surface area contributed by atoms with Crippen molar-refractivity contribution in [1.82, 2.24) is 4.72 Å². The van der Waals surface area contributed by atoms with E-state index in [0.29, 0.717) is 17.6 Å². The lowest BCUT2D eigenvalue weighted by molar-refractivity contribution is -0.137. The molecule has 1 N–H and O–H groups in total. The van der Waals surface area contributed by atoms with Gasteiger partial charge in [0.15, 0.2) is 0 Å². The fourth-order valence-corrected chi connectivity index (χ4v) is 3.02. The molecule has 0 spiro atoms. The van der Waals surface area contributed by atoms with E-state index in [4.69, 9.17) is 4.42 Å². The highest BCUT2D eigenvalue weighted by atomic mass is 32.2. The highest BCUT2D eigenvalue weighted by Crippen LogP contribution is 2.31. The molecule has 1 aromatic carbocycles. The number of nitrogens with one attached hydrogen (secondary N) is 1. The monoisotopic (exact) mass is 333 g/mol. The number of furan rings is 1. The quantitative estimate of drug-likeness (QED) is 0.933. The maximum absolute atomic E-state index is 12.8. The maximum atomic E-state index is 12.8. The summed E-state index contributed by atoms with van der Waals surface area (Å²) in [6.07, 6.45) is -4.60. The van der Waals surface area contributed by atoms with Crippen molar-refractivity contribution < 1.29 is 26.0 Å². The van der Waals surface area contributed by atoms with E-state index in [2.05, 4.69) is 4.72 Å². The van der Waals surface area contributed by atoms with Gasteiger partial charge in [-0.25, -0.2) is 13.1 Å². The lowest BCUT2D eigenvalue weighted by Gasteiger charge is -2.11. The summed E-state index contributed by atoms with van der Waals surface area (Å²) in [5.74, 6) is 0.994. The smallest absolute Gasteiger partial charge is 0.416 e. The van der Waals surface area contributed by atoms with E-state index < -0.39 is 26.7 Å². The molecule has 0 aliphatic heterocycles. The highest BCUT2D eigenvalue weighted by Gasteiger charge is 2.32. The minimum atomic E-state index is -4.60. The van der Waals surface area contributed by atoms with Crippen molar-refractivity contribution in [3.63, 3.8) is 0 Å². The minimum Gasteiger partial charge on any atom is -0.465 e. The van der Waals surface area contributed by atoms with E-state index in [-0.39, 0.29) is 12.1 Å². The van der Waals surface area contributed by atoms with Crippen LogP contribution >= 0.6 is 0 Å². The van der Waals surface area contributed by atoms with Crippen molar-refractivity contribution in [2.75, 3.05) is 0 Å². The molecule has 0 unspecified atom stereocenters. The second-order valence-corrected chi connectivity index (χ2v) is 6.64. The predicted octanol–water partition coefficient (Wildman–Crippen LogP) is 3.39. The normalized spacial score (nSPS) is 12.6. The number of aryl methyl sites for hydroxylation is 2. The number of sulfonamides is 1. The van der Waals surface area contributed by atoms with Gasteiger partial charge in [0.1, 0.15) is 11.5 Å². The molecule has 0 fully saturated rings. The first kappa shape index (κ1) is 16.6. The van der Waals surface area contributed by atoms with E-state index in [0.717, 1.165) is 6.07 Å². The zero-order valence-corrected chi connectivity index (χ0v) is 12.7. The molecule has 1 aromatic heterocycles. The minimum absolute atomic E-state index is 0.133. The summed E-state index contributed by atoms with van der Waals surface area (Å²) in [4.78, 5) is -0.428. The summed E-state index contributed by atoms with van der Waals surface area (Å²) in [5, 5.41) is 0. The zero-order chi connectivity index (χ0) is 16.5. The Bertz CT molecular complexity index is 779. The van der Waals surface area contributed by atoms with Crippen LogP contribution in [0.5, 0.6) is 0 Å². The molecule has 2 rings (SSSR count). The Hall–Kier alpha value is -1.80. The number of benzene rings is 1. The van der Waals surface area contributed by atoms with Gasteiger partial charge < -0.3 is 4.42 Å². The molecule has 22 heavy (non-hydrogen) atoms. The van der Waals surface area contributed by atoms with Crippen molar-refractivity contribution in [1.29, 1.82) is 0 Å². The van der Waals surface area contributed by atoms with E-state index in [1.54, 1.807) is 19.1 Å². The second-order valence-electron chi connectivity index (χ2n) is 4.87. The van der Waals surface area contributed by atoms with Gasteiger partial charge in [0, 0.05) is 0 Å². The summed E-state index contributed by atoms with van der Waals surface area (Å²) in [6, 6.07) is 5.95. The number of halogens is 3. The van der Waals surface area contributed by atoms with E-state index in [1.165, 1.54) is 13.0 Å². The van der Waals surface area contributed by atoms with Gasteiger partial charge in [0.2, 0.25) is 10.0 Å². The number of hydrogen-bond acceptors (Lipinski definition) is 3. The molecule has 0 saturated heterocycles. The third kappa shape index (κ3) is 3.89. The average Bonchev–Trinajstić information content (AvgIpc) is 2.81. The van der Waals surface area contributed by atoms with Crippen LogP contribution in [0.15, 0.2) is 39.6 Å². The first-order valence-corrected chi connectivity index (χ1v) is 7.80. The molecule has 1 heterocycles. The Balaban J connectivity index is 2.27. The van der Waals surface area contributed by atoms with Crippen molar-refractivity contribution in [3.05, 3.63) is 53.0 Å². The average molecular weight is 333 g/mol. The van der Waals surface area contributed by atoms with Crippen LogP contribution in [0.2, 0.25) is 0 Å².